The summed E-state index contributed by atoms with van der Waals surface area (Å²) in [7, 11) is 0. The number of aliphatic hydroxyl groups is 1. The molecule has 0 atom stereocenters. The first-order chi connectivity index (χ1) is 45.8. The van der Waals surface area contributed by atoms with Crippen LogP contribution in [-0.2, 0) is 6.42 Å². The number of carbonyl (C=O) groups excluding carboxylic acids is 6. The Kier molecular flexibility index (Phi) is 25.3. The fraction of sp³-hybridized carbons (Fsp3) is 0.268. The molecule has 0 unspecified atom stereocenters. The maximum Gasteiger partial charge on any atom is 0.310 e. The smallest absolute Gasteiger partial charge is 0.310 e. The molecule has 0 aromatic heterocycles. The fourth-order valence-electron chi connectivity index (χ4n) is 9.02. The number of hydrogen-bond acceptors (Lipinski definition) is 17. The lowest BCUT2D eigenvalue weighted by Crippen LogP contribution is -2.17. The molecule has 0 saturated heterocycles. The lowest BCUT2D eigenvalue weighted by molar-refractivity contribution is -0.386. The van der Waals surface area contributed by atoms with Gasteiger partial charge < -0.3 is 66.3 Å². The van der Waals surface area contributed by atoms with Crippen molar-refractivity contribution in [3.63, 3.8) is 0 Å². The van der Waals surface area contributed by atoms with Crippen molar-refractivity contribution in [1.82, 2.24) is 0 Å². The third-order valence-corrected chi connectivity index (χ3v) is 13.7. The van der Waals surface area contributed by atoms with Gasteiger partial charge >= 0.3 is 11.4 Å². The van der Waals surface area contributed by atoms with Crippen LogP contribution in [0.2, 0.25) is 0 Å². The van der Waals surface area contributed by atoms with Gasteiger partial charge in [-0.05, 0) is 133 Å². The van der Waals surface area contributed by atoms with Gasteiger partial charge in [-0.2, -0.15) is 0 Å². The van der Waals surface area contributed by atoms with Gasteiger partial charge in [0.15, 0.2) is 11.5 Å². The molecule has 0 spiro atoms. The zero-order valence-corrected chi connectivity index (χ0v) is 54.2. The summed E-state index contributed by atoms with van der Waals surface area (Å²) in [6, 6.07) is 39.6. The minimum atomic E-state index is -0.651. The average molecular weight is 1310 g/mol. The van der Waals surface area contributed by atoms with Crippen LogP contribution in [-0.4, -0.2) is 96.1 Å². The second kappa shape index (κ2) is 33.8. The Labute approximate surface area is 553 Å². The van der Waals surface area contributed by atoms with Gasteiger partial charge in [-0.25, -0.2) is 0 Å². The molecule has 502 valence electrons. The van der Waals surface area contributed by atoms with E-state index < -0.39 is 45.3 Å². The van der Waals surface area contributed by atoms with E-state index >= 15 is 0 Å². The number of nitrogens with two attached hydrogens (primary N) is 2. The zero-order valence-electron chi connectivity index (χ0n) is 54.2. The van der Waals surface area contributed by atoms with Crippen molar-refractivity contribution in [2.45, 2.75) is 67.9 Å². The topological polar surface area (TPSA) is 364 Å². The standard InChI is InChI=1S/C40H40N4O8.C31H36N4O9/c1-24(2)23-51-35-21-30(39(46)43-33-14-11-29(38(41)45)20-36(33)52-25(3)4)12-15-32(35)42-40(47)31-13-16-34(44(48)49)37(22-31)50-18-17-26-9-10-27-7-5-6-8-28(27)19-26;1-18(2)16-43-26-13-20(29(32)37)5-8-23(26)33-30(38)21-6-9-24(27(14-21)44-17-19(3)4)34-31(39)22-7-10-25(35(40)41)28(15-22)42-12-11-36/h5-16,19-22,24-25H,17-18,23H2,1-4H3,(H2,41,45)(H,42,47)(H,43,46);5-10,13-15,18-19,36H,11-12,16-17H2,1-4H3,(H2,32,37)(H,33,38)(H,34,39). The van der Waals surface area contributed by atoms with Crippen molar-refractivity contribution in [1.29, 1.82) is 0 Å². The number of nitro groups is 2. The van der Waals surface area contributed by atoms with E-state index in [1.165, 1.54) is 103 Å². The van der Waals surface area contributed by atoms with Crippen molar-refractivity contribution >= 4 is 80.3 Å². The number of amides is 6. The van der Waals surface area contributed by atoms with Crippen molar-refractivity contribution in [2.24, 2.45) is 29.2 Å². The quantitative estimate of drug-likeness (QED) is 0.0162. The van der Waals surface area contributed by atoms with Crippen LogP contribution in [0.3, 0.4) is 0 Å². The summed E-state index contributed by atoms with van der Waals surface area (Å²) in [5, 5.41) is 45.5. The number of nitro benzene ring substituents is 2. The second-order valence-corrected chi connectivity index (χ2v) is 23.4. The monoisotopic (exact) mass is 1310 g/mol. The molecule has 0 radical (unpaired) electrons. The fourth-order valence-corrected chi connectivity index (χ4v) is 9.02. The predicted octanol–water partition coefficient (Wildman–Crippen LogP) is 12.4. The number of aliphatic hydroxyl groups excluding tert-OH is 1. The highest BCUT2D eigenvalue weighted by Gasteiger charge is 2.24. The molecule has 0 aliphatic carbocycles. The van der Waals surface area contributed by atoms with Crippen LogP contribution in [0.5, 0.6) is 34.5 Å². The normalized spacial score (nSPS) is 10.9. The molecule has 0 aliphatic heterocycles. The molecule has 9 N–H and O–H groups in total. The second-order valence-electron chi connectivity index (χ2n) is 23.4. The summed E-state index contributed by atoms with van der Waals surface area (Å²) >= 11 is 0. The Hall–Kier alpha value is -11.6. The number of fused-ring (bicyclic) bond motifs is 1. The van der Waals surface area contributed by atoms with Gasteiger partial charge in [-0.1, -0.05) is 84.0 Å². The summed E-state index contributed by atoms with van der Waals surface area (Å²) in [5.74, 6) is -2.17. The highest BCUT2D eigenvalue weighted by Crippen LogP contribution is 2.35. The van der Waals surface area contributed by atoms with E-state index in [2.05, 4.69) is 21.3 Å². The Morgan fingerprint density at radius 3 is 1.14 bits per heavy atom. The Morgan fingerprint density at radius 2 is 0.760 bits per heavy atom. The number of anilines is 4. The lowest BCUT2D eigenvalue weighted by atomic mass is 10.1. The number of hydrogen-bond donors (Lipinski definition) is 7. The van der Waals surface area contributed by atoms with E-state index in [-0.39, 0.29) is 141 Å². The molecule has 25 nitrogen and oxygen atoms in total. The summed E-state index contributed by atoms with van der Waals surface area (Å²) < 4.78 is 34.7. The molecule has 96 heavy (non-hydrogen) atoms. The molecule has 0 heterocycles. The third kappa shape index (κ3) is 20.4. The molecule has 0 saturated carbocycles. The lowest BCUT2D eigenvalue weighted by Gasteiger charge is -2.17. The van der Waals surface area contributed by atoms with Gasteiger partial charge in [0.25, 0.3) is 23.6 Å². The first kappa shape index (κ1) is 71.8. The molecule has 8 aromatic rings. The van der Waals surface area contributed by atoms with Crippen molar-refractivity contribution < 1.29 is 72.1 Å². The van der Waals surface area contributed by atoms with E-state index in [1.54, 1.807) is 0 Å². The van der Waals surface area contributed by atoms with Crippen LogP contribution in [0.4, 0.5) is 34.1 Å². The van der Waals surface area contributed by atoms with Gasteiger partial charge in [-0.15, -0.1) is 0 Å². The number of nitrogens with zero attached hydrogens (tertiary/aromatic N) is 2. The number of primary amides is 2. The van der Waals surface area contributed by atoms with Crippen LogP contribution in [0.25, 0.3) is 10.8 Å². The predicted molar refractivity (Wildman–Crippen MR) is 363 cm³/mol. The van der Waals surface area contributed by atoms with Crippen molar-refractivity contribution in [3.8, 4) is 34.5 Å². The minimum absolute atomic E-state index is 0.0357. The van der Waals surface area contributed by atoms with Gasteiger partial charge in [0.2, 0.25) is 11.8 Å². The minimum Gasteiger partial charge on any atom is -0.491 e. The Balaban J connectivity index is 0.000000275. The molecule has 0 fully saturated rings. The zero-order chi connectivity index (χ0) is 69.8. The van der Waals surface area contributed by atoms with Gasteiger partial charge in [0.1, 0.15) is 29.6 Å². The summed E-state index contributed by atoms with van der Waals surface area (Å²) in [5.41, 5.74) is 13.5. The number of benzene rings is 8. The largest absolute Gasteiger partial charge is 0.491 e. The number of rotatable bonds is 30. The SMILES string of the molecule is CC(C)COc1cc(C(=O)Nc2ccc(C(N)=O)cc2OC(C)C)ccc1NC(=O)c1ccc([N+](=O)[O-])c(OCCc2ccc3ccccc3c2)c1.CC(C)COc1cc(C(N)=O)ccc1NC(=O)c1ccc(NC(=O)c2ccc([N+](=O)[O-])c(OCCO)c2)c(OCC(C)C)c1. The molecule has 25 heteroatoms. The van der Waals surface area contributed by atoms with E-state index in [0.717, 1.165) is 22.4 Å². The molecule has 0 aliphatic rings. The number of ether oxygens (including phenoxy) is 6. The van der Waals surface area contributed by atoms with Crippen molar-refractivity contribution in [3.05, 3.63) is 211 Å². The number of carbonyl (C=O) groups is 6. The van der Waals surface area contributed by atoms with E-state index in [9.17, 15) is 49.0 Å². The molecule has 8 aromatic carbocycles. The Morgan fingerprint density at radius 1 is 0.417 bits per heavy atom. The average Bonchev–Trinajstić information content (AvgIpc) is 0.840. The van der Waals surface area contributed by atoms with E-state index in [0.29, 0.717) is 31.0 Å². The van der Waals surface area contributed by atoms with Crippen LogP contribution >= 0.6 is 0 Å². The molecule has 0 bridgehead atoms. The van der Waals surface area contributed by atoms with Crippen LogP contribution in [0.15, 0.2) is 152 Å². The summed E-state index contributed by atoms with van der Waals surface area (Å²) in [4.78, 5) is 98.7. The van der Waals surface area contributed by atoms with Gasteiger partial charge in [-0.3, -0.25) is 49.0 Å². The van der Waals surface area contributed by atoms with Gasteiger partial charge in [0.05, 0.1) is 71.7 Å². The highest BCUT2D eigenvalue weighted by molar-refractivity contribution is 6.10. The van der Waals surface area contributed by atoms with Crippen LogP contribution in [0.1, 0.15) is 123 Å². The highest BCUT2D eigenvalue weighted by atomic mass is 16.6. The molecule has 6 amide bonds. The van der Waals surface area contributed by atoms with Crippen LogP contribution in [0, 0.1) is 38.0 Å². The van der Waals surface area contributed by atoms with E-state index in [4.69, 9.17) is 45.0 Å². The molecule has 8 rings (SSSR count). The maximum atomic E-state index is 13.5. The van der Waals surface area contributed by atoms with E-state index in [1.807, 2.05) is 97.9 Å². The first-order valence-corrected chi connectivity index (χ1v) is 30.6. The van der Waals surface area contributed by atoms with Gasteiger partial charge in [0, 0.05) is 64.1 Å². The number of nitrogens with one attached hydrogen (secondary N) is 4. The molecular weight excluding hydrogens is 1240 g/mol. The molecular formula is C71H76N8O17. The first-order valence-electron chi connectivity index (χ1n) is 30.6. The summed E-state index contributed by atoms with van der Waals surface area (Å²) in [6.07, 6.45) is 0.256. The summed E-state index contributed by atoms with van der Waals surface area (Å²) in [6.45, 7) is 15.9. The third-order valence-electron chi connectivity index (χ3n) is 13.7. The Bertz CT molecular complexity index is 4170. The maximum absolute atomic E-state index is 13.5. The van der Waals surface area contributed by atoms with Crippen LogP contribution < -0.4 is 61.2 Å². The van der Waals surface area contributed by atoms with Crippen molar-refractivity contribution in [2.75, 3.05) is 60.9 Å².